The molecular formula is C18H21N7. The zero-order valence-corrected chi connectivity index (χ0v) is 14.7. The average Bonchev–Trinajstić information content (AvgIpc) is 2.89. The molecule has 25 heavy (non-hydrogen) atoms. The van der Waals surface area contributed by atoms with Gasteiger partial charge in [0.2, 0.25) is 0 Å². The van der Waals surface area contributed by atoms with Crippen LogP contribution in [0.2, 0.25) is 0 Å². The van der Waals surface area contributed by atoms with Gasteiger partial charge in [-0.2, -0.15) is 5.10 Å². The van der Waals surface area contributed by atoms with Crippen molar-refractivity contribution in [3.63, 3.8) is 0 Å². The molecule has 3 aromatic rings. The van der Waals surface area contributed by atoms with Gasteiger partial charge in [-0.3, -0.25) is 5.01 Å². The number of nitrogens with zero attached hydrogens (tertiary/aromatic N) is 7. The third-order valence-corrected chi connectivity index (χ3v) is 4.75. The first kappa shape index (κ1) is 15.6. The van der Waals surface area contributed by atoms with Crippen LogP contribution in [-0.2, 0) is 7.05 Å². The topological polar surface area (TPSA) is 62.4 Å². The number of hydrogen-bond acceptors (Lipinski definition) is 6. The number of aromatic nitrogens is 4. The summed E-state index contributed by atoms with van der Waals surface area (Å²) in [6, 6.07) is 10.2. The average molecular weight is 335 g/mol. The van der Waals surface area contributed by atoms with Crippen molar-refractivity contribution in [2.75, 3.05) is 30.0 Å². The fraction of sp³-hybridized carbons (Fsp3) is 0.333. The number of fused-ring (bicyclic) bond motifs is 1. The molecule has 7 heteroatoms. The minimum absolute atomic E-state index is 0.409. The molecule has 4 rings (SSSR count). The van der Waals surface area contributed by atoms with Crippen molar-refractivity contribution in [2.24, 2.45) is 12.1 Å². The third-order valence-electron chi connectivity index (χ3n) is 4.75. The van der Waals surface area contributed by atoms with E-state index in [2.05, 4.69) is 56.5 Å². The Morgan fingerprint density at radius 3 is 2.68 bits per heavy atom. The van der Waals surface area contributed by atoms with E-state index in [1.807, 2.05) is 26.1 Å². The second kappa shape index (κ2) is 5.84. The predicted molar refractivity (Wildman–Crippen MR) is 100 cm³/mol. The lowest BCUT2D eigenvalue weighted by molar-refractivity contribution is 0.485. The van der Waals surface area contributed by atoms with Crippen molar-refractivity contribution < 1.29 is 0 Å². The highest BCUT2D eigenvalue weighted by Crippen LogP contribution is 2.32. The van der Waals surface area contributed by atoms with Gasteiger partial charge in [-0.15, -0.1) is 0 Å². The zero-order valence-electron chi connectivity index (χ0n) is 14.7. The van der Waals surface area contributed by atoms with E-state index in [1.54, 1.807) is 5.01 Å². The molecule has 0 saturated carbocycles. The highest BCUT2D eigenvalue weighted by atomic mass is 15.5. The van der Waals surface area contributed by atoms with Crippen LogP contribution < -0.4 is 9.91 Å². The summed E-state index contributed by atoms with van der Waals surface area (Å²) in [7, 11) is 3.92. The lowest BCUT2D eigenvalue weighted by Gasteiger charge is -2.39. The Bertz CT molecular complexity index is 940. The van der Waals surface area contributed by atoms with Gasteiger partial charge in [-0.1, -0.05) is 12.1 Å². The van der Waals surface area contributed by atoms with Gasteiger partial charge in [0.1, 0.15) is 17.5 Å². The molecule has 0 bridgehead atoms. The van der Waals surface area contributed by atoms with Gasteiger partial charge in [-0.25, -0.2) is 15.0 Å². The minimum Gasteiger partial charge on any atom is -0.355 e. The summed E-state index contributed by atoms with van der Waals surface area (Å²) in [5.41, 5.74) is 2.23. The van der Waals surface area contributed by atoms with E-state index in [0.29, 0.717) is 5.92 Å². The number of rotatable bonds is 4. The van der Waals surface area contributed by atoms with Gasteiger partial charge in [0, 0.05) is 40.0 Å². The van der Waals surface area contributed by atoms with E-state index < -0.39 is 0 Å². The quantitative estimate of drug-likeness (QED) is 0.541. The summed E-state index contributed by atoms with van der Waals surface area (Å²) < 4.78 is 2.20. The molecule has 1 aliphatic heterocycles. The number of para-hydroxylation sites is 2. The van der Waals surface area contributed by atoms with Crippen LogP contribution in [0.5, 0.6) is 0 Å². The lowest BCUT2D eigenvalue weighted by Crippen LogP contribution is -2.46. The van der Waals surface area contributed by atoms with Gasteiger partial charge >= 0.3 is 0 Å². The number of hydrogen-bond donors (Lipinski definition) is 0. The Balaban J connectivity index is 1.56. The van der Waals surface area contributed by atoms with Crippen LogP contribution in [0.25, 0.3) is 11.0 Å². The number of benzene rings is 1. The molecule has 1 fully saturated rings. The number of aryl methyl sites for hydroxylation is 2. The highest BCUT2D eigenvalue weighted by molar-refractivity contribution is 5.76. The summed E-state index contributed by atoms with van der Waals surface area (Å²) in [5.74, 6) is 3.95. The smallest absolute Gasteiger partial charge is 0.154 e. The van der Waals surface area contributed by atoms with Crippen molar-refractivity contribution in [3.8, 4) is 0 Å². The summed E-state index contributed by atoms with van der Waals surface area (Å²) in [4.78, 5) is 16.0. The standard InChI is InChI=1S/C18H21N7/c1-12-20-16(24(4)19-2)9-17(21-12)25-10-13(11-25)18-22-14-7-5-6-8-15(14)23(18)3/h5-9,13H,2,10-11H2,1,3-4H3. The van der Waals surface area contributed by atoms with Crippen LogP contribution in [0.3, 0.4) is 0 Å². The van der Waals surface area contributed by atoms with Crippen LogP contribution in [0.4, 0.5) is 11.6 Å². The maximum Gasteiger partial charge on any atom is 0.154 e. The maximum absolute atomic E-state index is 4.81. The molecule has 7 nitrogen and oxygen atoms in total. The third kappa shape index (κ3) is 2.61. The monoisotopic (exact) mass is 335 g/mol. The largest absolute Gasteiger partial charge is 0.355 e. The van der Waals surface area contributed by atoms with Crippen molar-refractivity contribution >= 4 is 29.4 Å². The Labute approximate surface area is 146 Å². The van der Waals surface area contributed by atoms with E-state index in [-0.39, 0.29) is 0 Å². The van der Waals surface area contributed by atoms with Crippen LogP contribution in [0, 0.1) is 6.92 Å². The first-order valence-corrected chi connectivity index (χ1v) is 8.29. The molecule has 0 spiro atoms. The van der Waals surface area contributed by atoms with E-state index in [9.17, 15) is 0 Å². The SMILES string of the molecule is C=NN(C)c1cc(N2CC(c3nc4ccccc4n3C)C2)nc(C)n1. The number of hydrazone groups is 1. The molecule has 0 radical (unpaired) electrons. The Morgan fingerprint density at radius 2 is 1.96 bits per heavy atom. The van der Waals surface area contributed by atoms with E-state index in [4.69, 9.17) is 4.98 Å². The second-order valence-electron chi connectivity index (χ2n) is 6.42. The molecular weight excluding hydrogens is 314 g/mol. The summed E-state index contributed by atoms with van der Waals surface area (Å²) in [6.07, 6.45) is 0. The Hall–Kier alpha value is -2.96. The van der Waals surface area contributed by atoms with Crippen LogP contribution in [-0.4, -0.2) is 46.4 Å². The Kier molecular flexibility index (Phi) is 3.63. The van der Waals surface area contributed by atoms with Crippen molar-refractivity contribution in [1.29, 1.82) is 0 Å². The summed E-state index contributed by atoms with van der Waals surface area (Å²) in [5, 5.41) is 5.56. The number of anilines is 2. The molecule has 0 aliphatic carbocycles. The van der Waals surface area contributed by atoms with Crippen LogP contribution >= 0.6 is 0 Å². The van der Waals surface area contributed by atoms with Gasteiger partial charge in [0.05, 0.1) is 17.0 Å². The van der Waals surface area contributed by atoms with Crippen LogP contribution in [0.15, 0.2) is 35.4 Å². The molecule has 0 amide bonds. The van der Waals surface area contributed by atoms with E-state index >= 15 is 0 Å². The molecule has 1 aromatic carbocycles. The first-order chi connectivity index (χ1) is 12.1. The molecule has 1 saturated heterocycles. The van der Waals surface area contributed by atoms with Crippen molar-refractivity contribution in [1.82, 2.24) is 19.5 Å². The minimum atomic E-state index is 0.409. The van der Waals surface area contributed by atoms with Crippen molar-refractivity contribution in [2.45, 2.75) is 12.8 Å². The van der Waals surface area contributed by atoms with Gasteiger partial charge < -0.3 is 9.47 Å². The van der Waals surface area contributed by atoms with E-state index in [1.165, 1.54) is 5.52 Å². The molecule has 0 N–H and O–H groups in total. The molecule has 0 unspecified atom stereocenters. The maximum atomic E-state index is 4.81. The molecule has 3 heterocycles. The van der Waals surface area contributed by atoms with Gasteiger partial charge in [0.15, 0.2) is 5.82 Å². The Morgan fingerprint density at radius 1 is 1.20 bits per heavy atom. The van der Waals surface area contributed by atoms with Gasteiger partial charge in [-0.05, 0) is 19.1 Å². The van der Waals surface area contributed by atoms with Crippen LogP contribution in [0.1, 0.15) is 17.6 Å². The highest BCUT2D eigenvalue weighted by Gasteiger charge is 2.33. The van der Waals surface area contributed by atoms with Gasteiger partial charge in [0.25, 0.3) is 0 Å². The predicted octanol–water partition coefficient (Wildman–Crippen LogP) is 2.33. The fourth-order valence-corrected chi connectivity index (χ4v) is 3.30. The zero-order chi connectivity index (χ0) is 17.6. The summed E-state index contributed by atoms with van der Waals surface area (Å²) >= 11 is 0. The second-order valence-corrected chi connectivity index (χ2v) is 6.42. The molecule has 128 valence electrons. The van der Waals surface area contributed by atoms with Crippen molar-refractivity contribution in [3.05, 3.63) is 42.0 Å². The fourth-order valence-electron chi connectivity index (χ4n) is 3.30. The number of imidazole rings is 1. The first-order valence-electron chi connectivity index (χ1n) is 8.29. The lowest BCUT2D eigenvalue weighted by atomic mass is 9.99. The molecule has 1 aliphatic rings. The summed E-state index contributed by atoms with van der Waals surface area (Å²) in [6.45, 7) is 7.25. The molecule has 2 aromatic heterocycles. The normalized spacial score (nSPS) is 14.6. The molecule has 0 atom stereocenters. The van der Waals surface area contributed by atoms with E-state index in [0.717, 1.165) is 41.9 Å².